The van der Waals surface area contributed by atoms with Gasteiger partial charge in [0, 0.05) is 6.42 Å². The number of halogens is 2. The molecule has 0 bridgehead atoms. The van der Waals surface area contributed by atoms with E-state index < -0.39 is 0 Å². The first-order chi connectivity index (χ1) is 8.92. The lowest BCUT2D eigenvalue weighted by Crippen LogP contribution is -2.37. The van der Waals surface area contributed by atoms with Crippen LogP contribution in [0.25, 0.3) is 0 Å². The second kappa shape index (κ2) is 6.03. The summed E-state index contributed by atoms with van der Waals surface area (Å²) in [5, 5.41) is 11.7. The molecule has 0 amide bonds. The number of aliphatic hydroxyl groups excluding tert-OH is 1. The Bertz CT molecular complexity index is 442. The molecule has 1 fully saturated rings. The maximum Gasteiger partial charge on any atom is 0.0625 e. The average Bonchev–Trinajstić information content (AvgIpc) is 2.34. The minimum absolute atomic E-state index is 0.211. The van der Waals surface area contributed by atoms with E-state index in [2.05, 4.69) is 13.8 Å². The summed E-state index contributed by atoms with van der Waals surface area (Å²) in [5.74, 6) is 0.344. The highest BCUT2D eigenvalue weighted by Crippen LogP contribution is 2.43. The van der Waals surface area contributed by atoms with Gasteiger partial charge < -0.3 is 5.11 Å². The molecule has 0 saturated heterocycles. The summed E-state index contributed by atoms with van der Waals surface area (Å²) in [5.41, 5.74) is 1.16. The molecular weight excluding hydrogens is 279 g/mol. The molecule has 1 aliphatic carbocycles. The molecule has 2 rings (SSSR count). The predicted molar refractivity (Wildman–Crippen MR) is 81.9 cm³/mol. The van der Waals surface area contributed by atoms with Crippen LogP contribution in [-0.2, 0) is 6.42 Å². The molecule has 1 aromatic rings. The summed E-state index contributed by atoms with van der Waals surface area (Å²) in [6.07, 6.45) is 5.03. The first-order valence-corrected chi connectivity index (χ1v) is 7.78. The summed E-state index contributed by atoms with van der Waals surface area (Å²) < 4.78 is 0. The van der Waals surface area contributed by atoms with Gasteiger partial charge in [-0.15, -0.1) is 0 Å². The van der Waals surface area contributed by atoms with Crippen molar-refractivity contribution in [1.82, 2.24) is 0 Å². The Morgan fingerprint density at radius 3 is 2.74 bits per heavy atom. The van der Waals surface area contributed by atoms with Crippen molar-refractivity contribution in [2.45, 2.75) is 52.1 Å². The number of benzene rings is 1. The zero-order valence-corrected chi connectivity index (χ0v) is 13.1. The van der Waals surface area contributed by atoms with Crippen molar-refractivity contribution >= 4 is 23.2 Å². The van der Waals surface area contributed by atoms with Gasteiger partial charge in [0.05, 0.1) is 16.1 Å². The lowest BCUT2D eigenvalue weighted by Gasteiger charge is -2.41. The Balaban J connectivity index is 2.12. The molecule has 0 aromatic heterocycles. The molecular formula is C16H22Cl2O. The third-order valence-corrected chi connectivity index (χ3v) is 5.37. The quantitative estimate of drug-likeness (QED) is 0.822. The fourth-order valence-corrected chi connectivity index (χ4v) is 3.71. The van der Waals surface area contributed by atoms with Gasteiger partial charge in [0.2, 0.25) is 0 Å². The van der Waals surface area contributed by atoms with E-state index in [9.17, 15) is 5.11 Å². The van der Waals surface area contributed by atoms with Crippen LogP contribution in [-0.4, -0.2) is 11.2 Å². The predicted octanol–water partition coefficient (Wildman–Crippen LogP) is 5.11. The first kappa shape index (κ1) is 15.2. The molecule has 0 spiro atoms. The van der Waals surface area contributed by atoms with E-state index in [1.54, 1.807) is 6.07 Å². The van der Waals surface area contributed by atoms with Crippen molar-refractivity contribution in [3.63, 3.8) is 0 Å². The van der Waals surface area contributed by atoms with Crippen LogP contribution >= 0.6 is 23.2 Å². The van der Waals surface area contributed by atoms with Crippen LogP contribution in [0.1, 0.15) is 45.1 Å². The summed E-state index contributed by atoms with van der Waals surface area (Å²) in [4.78, 5) is 0. The van der Waals surface area contributed by atoms with Crippen molar-refractivity contribution in [3.8, 4) is 0 Å². The summed E-state index contributed by atoms with van der Waals surface area (Å²) in [6.45, 7) is 4.53. The van der Waals surface area contributed by atoms with Gasteiger partial charge in [0.15, 0.2) is 0 Å². The molecule has 3 heteroatoms. The number of hydrogen-bond acceptors (Lipinski definition) is 1. The summed E-state index contributed by atoms with van der Waals surface area (Å²) in [6, 6.07) is 5.62. The van der Waals surface area contributed by atoms with E-state index in [0.717, 1.165) is 12.0 Å². The van der Waals surface area contributed by atoms with Crippen molar-refractivity contribution in [2.24, 2.45) is 11.3 Å². The highest BCUT2D eigenvalue weighted by molar-refractivity contribution is 6.42. The third-order valence-electron chi connectivity index (χ3n) is 4.52. The molecule has 1 saturated carbocycles. The van der Waals surface area contributed by atoms with Crippen molar-refractivity contribution in [2.75, 3.05) is 0 Å². The Morgan fingerprint density at radius 2 is 2.05 bits per heavy atom. The van der Waals surface area contributed by atoms with Gasteiger partial charge in [-0.1, -0.05) is 62.0 Å². The SMILES string of the molecule is CC1(C)CCCCC1C(O)Cc1cccc(Cl)c1Cl. The summed E-state index contributed by atoms with van der Waals surface area (Å²) >= 11 is 12.2. The minimum atomic E-state index is -0.341. The standard InChI is InChI=1S/C16H22Cl2O/c1-16(2)9-4-3-7-12(16)14(19)10-11-6-5-8-13(17)15(11)18/h5-6,8,12,14,19H,3-4,7,9-10H2,1-2H3. The van der Waals surface area contributed by atoms with E-state index >= 15 is 0 Å². The molecule has 2 atom stereocenters. The Kier molecular flexibility index (Phi) is 4.81. The normalized spacial score (nSPS) is 24.2. The van der Waals surface area contributed by atoms with Crippen LogP contribution in [0, 0.1) is 11.3 Å². The molecule has 1 aromatic carbocycles. The molecule has 0 radical (unpaired) electrons. The lowest BCUT2D eigenvalue weighted by molar-refractivity contribution is 0.00581. The summed E-state index contributed by atoms with van der Waals surface area (Å²) in [7, 11) is 0. The minimum Gasteiger partial charge on any atom is -0.392 e. The largest absolute Gasteiger partial charge is 0.392 e. The fourth-order valence-electron chi connectivity index (χ4n) is 3.31. The van der Waals surface area contributed by atoms with Gasteiger partial charge in [-0.25, -0.2) is 0 Å². The fraction of sp³-hybridized carbons (Fsp3) is 0.625. The molecule has 1 nitrogen and oxygen atoms in total. The monoisotopic (exact) mass is 300 g/mol. The zero-order valence-electron chi connectivity index (χ0n) is 11.6. The van der Waals surface area contributed by atoms with Crippen LogP contribution in [0.4, 0.5) is 0 Å². The first-order valence-electron chi connectivity index (χ1n) is 7.03. The smallest absolute Gasteiger partial charge is 0.0625 e. The number of aliphatic hydroxyl groups is 1. The van der Waals surface area contributed by atoms with Crippen LogP contribution in [0.15, 0.2) is 18.2 Å². The molecule has 19 heavy (non-hydrogen) atoms. The van der Waals surface area contributed by atoms with Crippen molar-refractivity contribution in [3.05, 3.63) is 33.8 Å². The van der Waals surface area contributed by atoms with Gasteiger partial charge in [-0.2, -0.15) is 0 Å². The van der Waals surface area contributed by atoms with Crippen LogP contribution in [0.5, 0.6) is 0 Å². The second-order valence-electron chi connectivity index (χ2n) is 6.33. The third kappa shape index (κ3) is 3.45. The van der Waals surface area contributed by atoms with Crippen LogP contribution < -0.4 is 0 Å². The van der Waals surface area contributed by atoms with Crippen molar-refractivity contribution in [1.29, 1.82) is 0 Å². The average molecular weight is 301 g/mol. The maximum absolute atomic E-state index is 10.6. The van der Waals surface area contributed by atoms with Gasteiger partial charge in [0.1, 0.15) is 0 Å². The molecule has 0 heterocycles. The second-order valence-corrected chi connectivity index (χ2v) is 7.11. The zero-order chi connectivity index (χ0) is 14.0. The van der Waals surface area contributed by atoms with Gasteiger partial charge >= 0.3 is 0 Å². The molecule has 106 valence electrons. The number of rotatable bonds is 3. The molecule has 0 aliphatic heterocycles. The van der Waals surface area contributed by atoms with Crippen LogP contribution in [0.3, 0.4) is 0 Å². The van der Waals surface area contributed by atoms with Gasteiger partial charge in [0.25, 0.3) is 0 Å². The number of hydrogen-bond donors (Lipinski definition) is 1. The van der Waals surface area contributed by atoms with E-state index in [1.165, 1.54) is 19.3 Å². The lowest BCUT2D eigenvalue weighted by atomic mass is 9.66. The highest BCUT2D eigenvalue weighted by atomic mass is 35.5. The van der Waals surface area contributed by atoms with E-state index in [4.69, 9.17) is 23.2 Å². The molecule has 2 unspecified atom stereocenters. The van der Waals surface area contributed by atoms with Gasteiger partial charge in [-0.3, -0.25) is 0 Å². The maximum atomic E-state index is 10.6. The Labute approximate surface area is 125 Å². The molecule has 1 aliphatic rings. The van der Waals surface area contributed by atoms with Crippen LogP contribution in [0.2, 0.25) is 10.0 Å². The Morgan fingerprint density at radius 1 is 1.32 bits per heavy atom. The topological polar surface area (TPSA) is 20.2 Å². The van der Waals surface area contributed by atoms with E-state index in [1.807, 2.05) is 12.1 Å². The Hall–Kier alpha value is -0.240. The highest BCUT2D eigenvalue weighted by Gasteiger charge is 2.36. The van der Waals surface area contributed by atoms with E-state index in [-0.39, 0.29) is 11.5 Å². The van der Waals surface area contributed by atoms with Gasteiger partial charge in [-0.05, 0) is 35.8 Å². The molecule has 1 N–H and O–H groups in total. The van der Waals surface area contributed by atoms with E-state index in [0.29, 0.717) is 22.4 Å². The van der Waals surface area contributed by atoms with Crippen molar-refractivity contribution < 1.29 is 5.11 Å².